The number of aromatic amines is 1. The minimum absolute atomic E-state index is 0.261. The summed E-state index contributed by atoms with van der Waals surface area (Å²) in [5, 5.41) is 14.5. The monoisotopic (exact) mass is 270 g/mol. The zero-order chi connectivity index (χ0) is 12.3. The van der Waals surface area contributed by atoms with Crippen LogP contribution in [0.3, 0.4) is 0 Å². The van der Waals surface area contributed by atoms with E-state index in [1.54, 1.807) is 18.2 Å². The molecule has 0 aliphatic carbocycles. The average molecular weight is 271 g/mol. The van der Waals surface area contributed by atoms with Gasteiger partial charge in [-0.25, -0.2) is 0 Å². The molecule has 1 unspecified atom stereocenters. The van der Waals surface area contributed by atoms with Crippen molar-refractivity contribution in [3.8, 4) is 0 Å². The van der Waals surface area contributed by atoms with E-state index in [0.717, 1.165) is 11.8 Å². The number of nitrogens with zero attached hydrogens (tertiary/aromatic N) is 3. The van der Waals surface area contributed by atoms with E-state index < -0.39 is 0 Å². The van der Waals surface area contributed by atoms with Gasteiger partial charge in [0, 0.05) is 6.42 Å². The summed E-state index contributed by atoms with van der Waals surface area (Å²) in [6.07, 6.45) is 1.07. The molecule has 2 aromatic rings. The molecule has 0 spiro atoms. The number of H-pyrrole nitrogens is 1. The molecule has 1 N–H and O–H groups in total. The maximum absolute atomic E-state index is 10.7. The Balaban J connectivity index is 2.39. The lowest BCUT2D eigenvalue weighted by Crippen LogP contribution is -2.04. The number of nitrogens with one attached hydrogen (secondary N) is 1. The van der Waals surface area contributed by atoms with Gasteiger partial charge in [-0.3, -0.25) is 0 Å². The number of tetrazole rings is 1. The molecule has 1 aromatic carbocycles. The minimum Gasteiger partial charge on any atom is -0.303 e. The first-order valence-corrected chi connectivity index (χ1v) is 5.60. The van der Waals surface area contributed by atoms with Crippen molar-refractivity contribution in [1.29, 1.82) is 0 Å². The molecule has 17 heavy (non-hydrogen) atoms. The van der Waals surface area contributed by atoms with Crippen LogP contribution in [0, 0.1) is 0 Å². The van der Waals surface area contributed by atoms with Crippen LogP contribution in [0.1, 0.15) is 23.7 Å². The summed E-state index contributed by atoms with van der Waals surface area (Å²) in [4.78, 5) is 10.7. The Hall–Kier alpha value is -1.46. The van der Waals surface area contributed by atoms with Gasteiger partial charge in [0.25, 0.3) is 0 Å². The van der Waals surface area contributed by atoms with Gasteiger partial charge in [0.05, 0.1) is 16.0 Å². The largest absolute Gasteiger partial charge is 0.303 e. The number of aromatic nitrogens is 4. The number of benzene rings is 1. The molecule has 0 amide bonds. The molecular formula is C10H8Cl2N4O. The van der Waals surface area contributed by atoms with E-state index in [9.17, 15) is 4.79 Å². The maximum Gasteiger partial charge on any atom is 0.182 e. The topological polar surface area (TPSA) is 71.5 Å². The summed E-state index contributed by atoms with van der Waals surface area (Å²) >= 11 is 11.8. The first-order valence-electron chi connectivity index (χ1n) is 4.84. The van der Waals surface area contributed by atoms with Gasteiger partial charge < -0.3 is 4.79 Å². The van der Waals surface area contributed by atoms with Crippen molar-refractivity contribution < 1.29 is 4.79 Å². The number of hydrogen-bond acceptors (Lipinski definition) is 4. The molecule has 1 aromatic heterocycles. The molecule has 0 fully saturated rings. The van der Waals surface area contributed by atoms with Crippen LogP contribution < -0.4 is 0 Å². The van der Waals surface area contributed by atoms with Crippen LogP contribution in [0.2, 0.25) is 10.0 Å². The van der Waals surface area contributed by atoms with Crippen LogP contribution in [-0.4, -0.2) is 26.9 Å². The zero-order valence-corrected chi connectivity index (χ0v) is 10.1. The van der Waals surface area contributed by atoms with E-state index in [1.807, 2.05) is 0 Å². The average Bonchev–Trinajstić information content (AvgIpc) is 2.83. The van der Waals surface area contributed by atoms with Gasteiger partial charge in [-0.1, -0.05) is 34.5 Å². The molecular weight excluding hydrogens is 263 g/mol. The van der Waals surface area contributed by atoms with Crippen LogP contribution in [-0.2, 0) is 4.79 Å². The van der Waals surface area contributed by atoms with Crippen LogP contribution in [0.15, 0.2) is 18.2 Å². The van der Waals surface area contributed by atoms with E-state index >= 15 is 0 Å². The normalized spacial score (nSPS) is 12.4. The number of hydrogen-bond donors (Lipinski definition) is 1. The fraction of sp³-hybridized carbons (Fsp3) is 0.200. The third-order valence-corrected chi connectivity index (χ3v) is 3.09. The second kappa shape index (κ2) is 5.25. The first-order chi connectivity index (χ1) is 8.22. The number of rotatable bonds is 4. The highest BCUT2D eigenvalue weighted by atomic mass is 35.5. The van der Waals surface area contributed by atoms with Crippen LogP contribution in [0.4, 0.5) is 0 Å². The van der Waals surface area contributed by atoms with Crippen molar-refractivity contribution in [2.24, 2.45) is 0 Å². The standard InChI is InChI=1S/C10H8Cl2N4O/c11-8-2-1-6(5-9(8)12)7(3-4-17)10-13-15-16-14-10/h1-2,4-5,7H,3H2,(H,13,14,15,16). The summed E-state index contributed by atoms with van der Waals surface area (Å²) in [6.45, 7) is 0. The fourth-order valence-electron chi connectivity index (χ4n) is 1.53. The molecule has 0 saturated carbocycles. The Morgan fingerprint density at radius 2 is 2.18 bits per heavy atom. The van der Waals surface area contributed by atoms with Crippen molar-refractivity contribution in [1.82, 2.24) is 20.6 Å². The molecule has 0 radical (unpaired) electrons. The van der Waals surface area contributed by atoms with Gasteiger partial charge in [0.15, 0.2) is 5.82 Å². The molecule has 0 bridgehead atoms. The molecule has 0 saturated heterocycles. The van der Waals surface area contributed by atoms with Crippen molar-refractivity contribution in [3.63, 3.8) is 0 Å². The quantitative estimate of drug-likeness (QED) is 0.865. The smallest absolute Gasteiger partial charge is 0.182 e. The highest BCUT2D eigenvalue weighted by molar-refractivity contribution is 6.42. The van der Waals surface area contributed by atoms with Gasteiger partial charge in [-0.05, 0) is 17.7 Å². The SMILES string of the molecule is O=CCC(c1ccc(Cl)c(Cl)c1)c1nn[nH]n1. The molecule has 1 heterocycles. The predicted octanol–water partition coefficient (Wildman–Crippen LogP) is 2.23. The summed E-state index contributed by atoms with van der Waals surface area (Å²) in [7, 11) is 0. The Morgan fingerprint density at radius 3 is 2.76 bits per heavy atom. The van der Waals surface area contributed by atoms with Crippen LogP contribution in [0.25, 0.3) is 0 Å². The van der Waals surface area contributed by atoms with E-state index in [1.165, 1.54) is 0 Å². The summed E-state index contributed by atoms with van der Waals surface area (Å²) in [6, 6.07) is 5.17. The van der Waals surface area contributed by atoms with E-state index in [4.69, 9.17) is 23.2 Å². The van der Waals surface area contributed by atoms with Crippen LogP contribution in [0.5, 0.6) is 0 Å². The Morgan fingerprint density at radius 1 is 1.35 bits per heavy atom. The van der Waals surface area contributed by atoms with Crippen molar-refractivity contribution in [3.05, 3.63) is 39.6 Å². The Labute approximate surface area is 107 Å². The highest BCUT2D eigenvalue weighted by Gasteiger charge is 2.19. The fourth-order valence-corrected chi connectivity index (χ4v) is 1.84. The molecule has 5 nitrogen and oxygen atoms in total. The predicted molar refractivity (Wildman–Crippen MR) is 63.2 cm³/mol. The van der Waals surface area contributed by atoms with E-state index in [-0.39, 0.29) is 12.3 Å². The van der Waals surface area contributed by atoms with Gasteiger partial charge in [0.1, 0.15) is 6.29 Å². The summed E-state index contributed by atoms with van der Waals surface area (Å²) in [5.74, 6) is 0.191. The second-order valence-corrected chi connectivity index (χ2v) is 4.21. The van der Waals surface area contributed by atoms with Crippen molar-refractivity contribution >= 4 is 29.5 Å². The number of aldehydes is 1. The summed E-state index contributed by atoms with van der Waals surface area (Å²) in [5.41, 5.74) is 0.827. The van der Waals surface area contributed by atoms with E-state index in [0.29, 0.717) is 15.9 Å². The van der Waals surface area contributed by atoms with E-state index in [2.05, 4.69) is 20.6 Å². The molecule has 2 rings (SSSR count). The summed E-state index contributed by atoms with van der Waals surface area (Å²) < 4.78 is 0. The maximum atomic E-state index is 10.7. The van der Waals surface area contributed by atoms with Crippen molar-refractivity contribution in [2.45, 2.75) is 12.3 Å². The molecule has 0 aliphatic heterocycles. The minimum atomic E-state index is -0.263. The Kier molecular flexibility index (Phi) is 3.71. The van der Waals surface area contributed by atoms with Gasteiger partial charge in [-0.15, -0.1) is 10.2 Å². The van der Waals surface area contributed by atoms with Gasteiger partial charge >= 0.3 is 0 Å². The number of carbonyl (C=O) groups is 1. The van der Waals surface area contributed by atoms with Gasteiger partial charge in [0.2, 0.25) is 0 Å². The Bertz CT molecular complexity index is 515. The van der Waals surface area contributed by atoms with Crippen molar-refractivity contribution in [2.75, 3.05) is 0 Å². The molecule has 7 heteroatoms. The molecule has 1 atom stereocenters. The van der Waals surface area contributed by atoms with Gasteiger partial charge in [-0.2, -0.15) is 5.21 Å². The molecule has 0 aliphatic rings. The highest BCUT2D eigenvalue weighted by Crippen LogP contribution is 2.30. The number of carbonyl (C=O) groups excluding carboxylic acids is 1. The molecule has 88 valence electrons. The zero-order valence-electron chi connectivity index (χ0n) is 8.60. The lowest BCUT2D eigenvalue weighted by Gasteiger charge is -2.10. The van der Waals surface area contributed by atoms with Crippen LogP contribution >= 0.6 is 23.2 Å². The third kappa shape index (κ3) is 2.62. The first kappa shape index (κ1) is 12.0. The lowest BCUT2D eigenvalue weighted by atomic mass is 9.96. The third-order valence-electron chi connectivity index (χ3n) is 2.35. The lowest BCUT2D eigenvalue weighted by molar-refractivity contribution is -0.108. The second-order valence-electron chi connectivity index (χ2n) is 3.40. The number of halogens is 2.